The number of carbonyl (C=O) groups excluding carboxylic acids is 1. The third kappa shape index (κ3) is 5.74. The number of carbonyl (C=O) groups is 1. The number of aromatic nitrogens is 2. The molecule has 1 fully saturated rings. The van der Waals surface area contributed by atoms with Crippen molar-refractivity contribution in [2.24, 2.45) is 0 Å². The molecule has 1 aromatic carbocycles. The molecule has 2 N–H and O–H groups in total. The topological polar surface area (TPSA) is 106 Å². The maximum absolute atomic E-state index is 12.6. The largest absolute Gasteiger partial charge is 0.486 e. The third-order valence-corrected chi connectivity index (χ3v) is 6.28. The average molecular weight is 508 g/mol. The molecule has 0 radical (unpaired) electrons. The number of likely N-dealkylation sites (tertiary alicyclic amines) is 1. The quantitative estimate of drug-likeness (QED) is 0.476. The van der Waals surface area contributed by atoms with E-state index in [1.807, 2.05) is 51.2 Å². The number of hydrogen-bond donors (Lipinski definition) is 1. The van der Waals surface area contributed by atoms with Gasteiger partial charge in [0.2, 0.25) is 0 Å². The molecule has 8 nitrogen and oxygen atoms in total. The lowest BCUT2D eigenvalue weighted by Crippen LogP contribution is -2.42. The Bertz CT molecular complexity index is 1280. The third-order valence-electron chi connectivity index (χ3n) is 5.99. The summed E-state index contributed by atoms with van der Waals surface area (Å²) in [6, 6.07) is 13.2. The van der Waals surface area contributed by atoms with Crippen LogP contribution in [-0.4, -0.2) is 39.2 Å². The Kier molecular flexibility index (Phi) is 7.41. The van der Waals surface area contributed by atoms with Gasteiger partial charge in [0.05, 0.1) is 16.4 Å². The minimum atomic E-state index is -0.562. The lowest BCUT2D eigenvalue weighted by molar-refractivity contribution is 0.0198. The van der Waals surface area contributed by atoms with E-state index in [1.165, 1.54) is 0 Å². The highest BCUT2D eigenvalue weighted by atomic mass is 35.5. The molecule has 0 saturated carbocycles. The summed E-state index contributed by atoms with van der Waals surface area (Å²) in [6.45, 7) is 6.96. The highest BCUT2D eigenvalue weighted by Crippen LogP contribution is 2.36. The zero-order valence-electron chi connectivity index (χ0n) is 20.7. The number of pyridine rings is 1. The van der Waals surface area contributed by atoms with E-state index in [-0.39, 0.29) is 12.0 Å². The van der Waals surface area contributed by atoms with Gasteiger partial charge in [0.1, 0.15) is 29.7 Å². The molecule has 4 rings (SSSR count). The van der Waals surface area contributed by atoms with Crippen molar-refractivity contribution < 1.29 is 14.3 Å². The summed E-state index contributed by atoms with van der Waals surface area (Å²) in [7, 11) is 0. The number of nitrogens with two attached hydrogens (primary N) is 1. The van der Waals surface area contributed by atoms with Crippen LogP contribution in [0.2, 0.25) is 5.02 Å². The second kappa shape index (κ2) is 10.5. The standard InChI is InChI=1S/C27H30ClN5O3/c1-27(2,3)36-26(34)32-12-6-7-18(15-32)21-16-33(23(14-29)25(21)30)20-9-10-24(22(28)13-20)35-17-19-8-4-5-11-31-19/h4-5,8-11,13,16,18H,6-7,12,15,17,30H2,1-3H3. The molecule has 0 bridgehead atoms. The Morgan fingerprint density at radius 1 is 1.31 bits per heavy atom. The van der Waals surface area contributed by atoms with Gasteiger partial charge in [-0.05, 0) is 69.5 Å². The van der Waals surface area contributed by atoms with Crippen LogP contribution in [0.25, 0.3) is 5.69 Å². The Hall–Kier alpha value is -3.70. The van der Waals surface area contributed by atoms with E-state index >= 15 is 0 Å². The minimum Gasteiger partial charge on any atom is -0.486 e. The maximum Gasteiger partial charge on any atom is 0.410 e. The van der Waals surface area contributed by atoms with Crippen molar-refractivity contribution in [1.29, 1.82) is 5.26 Å². The molecule has 0 spiro atoms. The smallest absolute Gasteiger partial charge is 0.410 e. The number of hydrogen-bond acceptors (Lipinski definition) is 6. The van der Waals surface area contributed by atoms with Crippen molar-refractivity contribution in [3.63, 3.8) is 0 Å². The molecule has 3 heterocycles. The number of benzene rings is 1. The Balaban J connectivity index is 1.55. The van der Waals surface area contributed by atoms with Gasteiger partial charge in [-0.1, -0.05) is 17.7 Å². The number of nitrogens with zero attached hydrogens (tertiary/aromatic N) is 4. The van der Waals surface area contributed by atoms with Crippen LogP contribution in [0.5, 0.6) is 5.75 Å². The van der Waals surface area contributed by atoms with Gasteiger partial charge in [0.25, 0.3) is 0 Å². The van der Waals surface area contributed by atoms with E-state index < -0.39 is 5.60 Å². The van der Waals surface area contributed by atoms with Crippen LogP contribution >= 0.6 is 11.6 Å². The lowest BCUT2D eigenvalue weighted by Gasteiger charge is -2.34. The summed E-state index contributed by atoms with van der Waals surface area (Å²) in [4.78, 5) is 18.6. The van der Waals surface area contributed by atoms with E-state index in [9.17, 15) is 10.1 Å². The molecule has 9 heteroatoms. The molecule has 3 aromatic rings. The number of halogens is 1. The number of piperidine rings is 1. The molecule has 36 heavy (non-hydrogen) atoms. The van der Waals surface area contributed by atoms with Gasteiger partial charge in [-0.3, -0.25) is 4.98 Å². The monoisotopic (exact) mass is 507 g/mol. The first kappa shape index (κ1) is 25.4. The minimum absolute atomic E-state index is 0.00364. The first-order valence-electron chi connectivity index (χ1n) is 11.9. The molecule has 2 aromatic heterocycles. The van der Waals surface area contributed by atoms with Crippen molar-refractivity contribution in [2.45, 2.75) is 51.7 Å². The number of anilines is 1. The van der Waals surface area contributed by atoms with E-state index in [2.05, 4.69) is 11.1 Å². The van der Waals surface area contributed by atoms with Crippen LogP contribution in [0.4, 0.5) is 10.5 Å². The van der Waals surface area contributed by atoms with E-state index in [0.29, 0.717) is 47.5 Å². The van der Waals surface area contributed by atoms with Crippen LogP contribution < -0.4 is 10.5 Å². The molecule has 1 unspecified atom stereocenters. The van der Waals surface area contributed by atoms with E-state index in [0.717, 1.165) is 24.1 Å². The number of amides is 1. The lowest BCUT2D eigenvalue weighted by atomic mass is 9.91. The average Bonchev–Trinajstić information content (AvgIpc) is 3.19. The highest BCUT2D eigenvalue weighted by Gasteiger charge is 2.31. The molecule has 1 atom stereocenters. The zero-order valence-corrected chi connectivity index (χ0v) is 21.5. The normalized spacial score (nSPS) is 15.9. The first-order chi connectivity index (χ1) is 17.2. The van der Waals surface area contributed by atoms with E-state index in [1.54, 1.807) is 27.8 Å². The predicted molar refractivity (Wildman–Crippen MR) is 138 cm³/mol. The van der Waals surface area contributed by atoms with Crippen molar-refractivity contribution in [1.82, 2.24) is 14.5 Å². The molecular formula is C27H30ClN5O3. The summed E-state index contributed by atoms with van der Waals surface area (Å²) in [5, 5.41) is 10.3. The van der Waals surface area contributed by atoms with Gasteiger partial charge in [-0.15, -0.1) is 0 Å². The highest BCUT2D eigenvalue weighted by molar-refractivity contribution is 6.32. The summed E-state index contributed by atoms with van der Waals surface area (Å²) in [6.07, 6.45) is 4.93. The first-order valence-corrected chi connectivity index (χ1v) is 12.3. The second-order valence-corrected chi connectivity index (χ2v) is 10.2. The molecule has 1 aliphatic heterocycles. The number of rotatable bonds is 5. The van der Waals surface area contributed by atoms with E-state index in [4.69, 9.17) is 26.8 Å². The summed E-state index contributed by atoms with van der Waals surface area (Å²) < 4.78 is 13.1. The van der Waals surface area contributed by atoms with Crippen molar-refractivity contribution in [2.75, 3.05) is 18.8 Å². The van der Waals surface area contributed by atoms with Crippen LogP contribution in [0.15, 0.2) is 48.8 Å². The molecule has 1 saturated heterocycles. The van der Waals surface area contributed by atoms with Crippen LogP contribution in [0.3, 0.4) is 0 Å². The van der Waals surface area contributed by atoms with Crippen LogP contribution in [-0.2, 0) is 11.3 Å². The molecular weight excluding hydrogens is 478 g/mol. The number of ether oxygens (including phenoxy) is 2. The van der Waals surface area contributed by atoms with Gasteiger partial charge in [-0.25, -0.2) is 4.79 Å². The predicted octanol–water partition coefficient (Wildman–Crippen LogP) is 5.67. The van der Waals surface area contributed by atoms with Crippen molar-refractivity contribution in [3.05, 3.63) is 70.8 Å². The zero-order chi connectivity index (χ0) is 25.9. The Morgan fingerprint density at radius 3 is 2.78 bits per heavy atom. The summed E-state index contributed by atoms with van der Waals surface area (Å²) in [5.41, 5.74) is 8.95. The van der Waals surface area contributed by atoms with Gasteiger partial charge in [0, 0.05) is 37.1 Å². The van der Waals surface area contributed by atoms with Crippen molar-refractivity contribution in [3.8, 4) is 17.5 Å². The van der Waals surface area contributed by atoms with Gasteiger partial charge in [0.15, 0.2) is 0 Å². The van der Waals surface area contributed by atoms with Crippen LogP contribution in [0.1, 0.15) is 56.5 Å². The van der Waals surface area contributed by atoms with Gasteiger partial charge in [-0.2, -0.15) is 5.26 Å². The number of nitriles is 1. The van der Waals surface area contributed by atoms with Crippen molar-refractivity contribution >= 4 is 23.4 Å². The molecule has 188 valence electrons. The Morgan fingerprint density at radius 2 is 2.11 bits per heavy atom. The SMILES string of the molecule is CC(C)(C)OC(=O)N1CCCC(c2cn(-c3ccc(OCc4ccccn4)c(Cl)c3)c(C#N)c2N)C1. The molecule has 0 aliphatic carbocycles. The fourth-order valence-electron chi connectivity index (χ4n) is 4.30. The fraction of sp³-hybridized carbons (Fsp3) is 0.370. The maximum atomic E-state index is 12.6. The molecule has 1 aliphatic rings. The Labute approximate surface area is 216 Å². The fourth-order valence-corrected chi connectivity index (χ4v) is 4.53. The molecule has 1 amide bonds. The second-order valence-electron chi connectivity index (χ2n) is 9.82. The summed E-state index contributed by atoms with van der Waals surface area (Å²) >= 11 is 6.51. The van der Waals surface area contributed by atoms with Gasteiger partial charge < -0.3 is 24.7 Å². The number of nitrogen functional groups attached to an aromatic ring is 1. The summed E-state index contributed by atoms with van der Waals surface area (Å²) in [5.74, 6) is 0.515. The van der Waals surface area contributed by atoms with Gasteiger partial charge >= 0.3 is 6.09 Å². The van der Waals surface area contributed by atoms with Crippen LogP contribution in [0, 0.1) is 11.3 Å².